The summed E-state index contributed by atoms with van der Waals surface area (Å²) >= 11 is 0. The number of aromatic nitrogens is 1. The molecule has 1 fully saturated rings. The molecule has 0 spiro atoms. The van der Waals surface area contributed by atoms with Crippen molar-refractivity contribution in [3.05, 3.63) is 53.6 Å². The molecule has 8 nitrogen and oxygen atoms in total. The van der Waals surface area contributed by atoms with Gasteiger partial charge in [0.05, 0.1) is 30.2 Å². The first-order chi connectivity index (χ1) is 14.8. The van der Waals surface area contributed by atoms with E-state index in [9.17, 15) is 14.0 Å². The molecule has 1 aromatic carbocycles. The molecule has 2 N–H and O–H groups in total. The van der Waals surface area contributed by atoms with Crippen molar-refractivity contribution in [2.24, 2.45) is 5.73 Å². The number of urea groups is 1. The van der Waals surface area contributed by atoms with E-state index in [1.165, 1.54) is 24.3 Å². The molecule has 3 amide bonds. The lowest BCUT2D eigenvalue weighted by molar-refractivity contribution is -0.194. The van der Waals surface area contributed by atoms with E-state index in [4.69, 9.17) is 10.6 Å². The van der Waals surface area contributed by atoms with Crippen LogP contribution in [0.2, 0.25) is 0 Å². The molecule has 1 atom stereocenters. The number of halogens is 1. The SMILES string of the molecule is CCON(C(C)=O)[C@H]1CCN(Cc2ccc(F)c(N(C(N)=O)c3ccc(C)nc3)c2)C1. The number of carbonyl (C=O) groups is 2. The number of primary amides is 1. The zero-order valence-corrected chi connectivity index (χ0v) is 18.0. The Bertz CT molecular complexity index is 937. The van der Waals surface area contributed by atoms with Crippen LogP contribution >= 0.6 is 0 Å². The average molecular weight is 429 g/mol. The summed E-state index contributed by atoms with van der Waals surface area (Å²) in [5, 5.41) is 1.44. The lowest BCUT2D eigenvalue weighted by Crippen LogP contribution is -2.40. The Hall–Kier alpha value is -3.04. The van der Waals surface area contributed by atoms with Gasteiger partial charge in [0.1, 0.15) is 5.82 Å². The number of pyridine rings is 1. The molecule has 3 rings (SSSR count). The quantitative estimate of drug-likeness (QED) is 0.683. The molecule has 0 bridgehead atoms. The summed E-state index contributed by atoms with van der Waals surface area (Å²) in [6, 6.07) is 7.22. The van der Waals surface area contributed by atoms with Gasteiger partial charge in [0.15, 0.2) is 0 Å². The Kier molecular flexibility index (Phi) is 7.19. The van der Waals surface area contributed by atoms with Crippen molar-refractivity contribution in [1.82, 2.24) is 14.9 Å². The van der Waals surface area contributed by atoms with Crippen LogP contribution in [-0.2, 0) is 16.2 Å². The molecule has 1 aliphatic rings. The first-order valence-electron chi connectivity index (χ1n) is 10.3. The van der Waals surface area contributed by atoms with Crippen LogP contribution in [0.1, 0.15) is 31.5 Å². The van der Waals surface area contributed by atoms with Gasteiger partial charge in [0.25, 0.3) is 0 Å². The Labute approximate surface area is 181 Å². The van der Waals surface area contributed by atoms with E-state index >= 15 is 0 Å². The fourth-order valence-electron chi connectivity index (χ4n) is 3.80. The minimum atomic E-state index is -0.795. The van der Waals surface area contributed by atoms with Crippen molar-refractivity contribution in [1.29, 1.82) is 0 Å². The molecule has 1 aliphatic heterocycles. The minimum absolute atomic E-state index is 0.0295. The van der Waals surface area contributed by atoms with Crippen molar-refractivity contribution in [3.8, 4) is 0 Å². The number of amides is 3. The number of hydrogen-bond donors (Lipinski definition) is 1. The molecule has 0 saturated carbocycles. The third-order valence-corrected chi connectivity index (χ3v) is 5.19. The van der Waals surface area contributed by atoms with Gasteiger partial charge in [0, 0.05) is 32.3 Å². The number of carbonyl (C=O) groups excluding carboxylic acids is 2. The second kappa shape index (κ2) is 9.84. The summed E-state index contributed by atoms with van der Waals surface area (Å²) in [5.41, 5.74) is 7.63. The number of aryl methyl sites for hydroxylation is 1. The molecule has 9 heteroatoms. The smallest absolute Gasteiger partial charge is 0.324 e. The lowest BCUT2D eigenvalue weighted by Gasteiger charge is -2.26. The summed E-state index contributed by atoms with van der Waals surface area (Å²) in [4.78, 5) is 36.9. The molecule has 1 aromatic heterocycles. The molecular formula is C22H28FN5O3. The predicted octanol–water partition coefficient (Wildman–Crippen LogP) is 3.12. The predicted molar refractivity (Wildman–Crippen MR) is 115 cm³/mol. The number of nitrogens with zero attached hydrogens (tertiary/aromatic N) is 4. The van der Waals surface area contributed by atoms with Gasteiger partial charge in [-0.2, -0.15) is 0 Å². The molecule has 0 aliphatic carbocycles. The van der Waals surface area contributed by atoms with E-state index in [-0.39, 0.29) is 17.6 Å². The van der Waals surface area contributed by atoms with E-state index in [2.05, 4.69) is 9.88 Å². The Morgan fingerprint density at radius 1 is 1.32 bits per heavy atom. The summed E-state index contributed by atoms with van der Waals surface area (Å²) in [7, 11) is 0. The van der Waals surface area contributed by atoms with Gasteiger partial charge in [-0.15, -0.1) is 0 Å². The topological polar surface area (TPSA) is 92.0 Å². The van der Waals surface area contributed by atoms with Gasteiger partial charge in [0.2, 0.25) is 5.91 Å². The lowest BCUT2D eigenvalue weighted by atomic mass is 10.1. The fourth-order valence-corrected chi connectivity index (χ4v) is 3.80. The van der Waals surface area contributed by atoms with Crippen LogP contribution in [0.5, 0.6) is 0 Å². The number of nitrogens with two attached hydrogens (primary N) is 1. The highest BCUT2D eigenvalue weighted by Gasteiger charge is 2.30. The highest BCUT2D eigenvalue weighted by molar-refractivity contribution is 5.98. The Morgan fingerprint density at radius 2 is 2.10 bits per heavy atom. The molecule has 166 valence electrons. The van der Waals surface area contributed by atoms with Gasteiger partial charge in [-0.25, -0.2) is 14.2 Å². The third kappa shape index (κ3) is 5.36. The fraction of sp³-hybridized carbons (Fsp3) is 0.409. The van der Waals surface area contributed by atoms with Crippen molar-refractivity contribution in [2.45, 2.75) is 39.8 Å². The second-order valence-corrected chi connectivity index (χ2v) is 7.56. The van der Waals surface area contributed by atoms with Crippen LogP contribution in [0, 0.1) is 12.7 Å². The summed E-state index contributed by atoms with van der Waals surface area (Å²) in [6.45, 7) is 7.54. The van der Waals surface area contributed by atoms with E-state index in [0.717, 1.165) is 29.1 Å². The first kappa shape index (κ1) is 22.6. The number of anilines is 2. The van der Waals surface area contributed by atoms with Crippen molar-refractivity contribution in [3.63, 3.8) is 0 Å². The summed E-state index contributed by atoms with van der Waals surface area (Å²) < 4.78 is 14.7. The molecule has 1 saturated heterocycles. The Balaban J connectivity index is 1.79. The summed E-state index contributed by atoms with van der Waals surface area (Å²) in [5.74, 6) is -0.678. The van der Waals surface area contributed by atoms with Crippen LogP contribution in [0.4, 0.5) is 20.6 Å². The zero-order valence-electron chi connectivity index (χ0n) is 18.0. The zero-order chi connectivity index (χ0) is 22.5. The van der Waals surface area contributed by atoms with E-state index in [0.29, 0.717) is 25.4 Å². The van der Waals surface area contributed by atoms with Gasteiger partial charge in [-0.3, -0.25) is 24.4 Å². The highest BCUT2D eigenvalue weighted by Crippen LogP contribution is 2.29. The molecule has 0 unspecified atom stereocenters. The van der Waals surface area contributed by atoms with Crippen molar-refractivity contribution >= 4 is 23.3 Å². The number of hydrogen-bond acceptors (Lipinski definition) is 5. The first-order valence-corrected chi connectivity index (χ1v) is 10.3. The summed E-state index contributed by atoms with van der Waals surface area (Å²) in [6.07, 6.45) is 2.28. The van der Waals surface area contributed by atoms with Crippen LogP contribution in [0.3, 0.4) is 0 Å². The maximum absolute atomic E-state index is 14.7. The van der Waals surface area contributed by atoms with Crippen LogP contribution < -0.4 is 10.6 Å². The van der Waals surface area contributed by atoms with Crippen LogP contribution in [0.25, 0.3) is 0 Å². The monoisotopic (exact) mass is 429 g/mol. The normalized spacial score (nSPS) is 16.3. The molecule has 2 heterocycles. The minimum Gasteiger partial charge on any atom is -0.351 e. The molecule has 31 heavy (non-hydrogen) atoms. The number of rotatable bonds is 7. The van der Waals surface area contributed by atoms with E-state index in [1.54, 1.807) is 24.3 Å². The van der Waals surface area contributed by atoms with Crippen LogP contribution in [0.15, 0.2) is 36.5 Å². The van der Waals surface area contributed by atoms with Crippen molar-refractivity contribution < 1.29 is 18.8 Å². The Morgan fingerprint density at radius 3 is 2.71 bits per heavy atom. The maximum Gasteiger partial charge on any atom is 0.324 e. The van der Waals surface area contributed by atoms with Crippen molar-refractivity contribution in [2.75, 3.05) is 24.6 Å². The van der Waals surface area contributed by atoms with Crippen LogP contribution in [-0.4, -0.2) is 52.6 Å². The molecule has 2 aromatic rings. The third-order valence-electron chi connectivity index (χ3n) is 5.19. The second-order valence-electron chi connectivity index (χ2n) is 7.56. The molecular weight excluding hydrogens is 401 g/mol. The van der Waals surface area contributed by atoms with Gasteiger partial charge in [-0.1, -0.05) is 6.07 Å². The maximum atomic E-state index is 14.7. The van der Waals surface area contributed by atoms with Gasteiger partial charge >= 0.3 is 6.03 Å². The number of likely N-dealkylation sites (tertiary alicyclic amines) is 1. The molecule has 0 radical (unpaired) electrons. The van der Waals surface area contributed by atoms with Gasteiger partial charge in [-0.05, 0) is 50.1 Å². The van der Waals surface area contributed by atoms with Gasteiger partial charge < -0.3 is 5.73 Å². The largest absolute Gasteiger partial charge is 0.351 e. The number of hydroxylamine groups is 2. The van der Waals surface area contributed by atoms with E-state index < -0.39 is 11.8 Å². The standard InChI is InChI=1S/C22H28FN5O3/c1-4-31-28(16(3)29)19-9-10-26(14-19)13-17-6-8-20(23)21(11-17)27(22(24)30)18-7-5-15(2)25-12-18/h5-8,11-12,19H,4,9-10,13-14H2,1-3H3,(H2,24,30)/t19-/m0/s1. The highest BCUT2D eigenvalue weighted by atomic mass is 19.1. The average Bonchev–Trinajstić information content (AvgIpc) is 3.17. The number of benzene rings is 1. The van der Waals surface area contributed by atoms with E-state index in [1.807, 2.05) is 13.8 Å².